The van der Waals surface area contributed by atoms with Crippen LogP contribution in [-0.2, 0) is 11.2 Å². The maximum absolute atomic E-state index is 13.0. The molecule has 21 heavy (non-hydrogen) atoms. The van der Waals surface area contributed by atoms with Gasteiger partial charge in [-0.25, -0.2) is 13.6 Å². The fourth-order valence-corrected chi connectivity index (χ4v) is 1.82. The molecular formula is C14H18F2N2O3. The highest BCUT2D eigenvalue weighted by molar-refractivity contribution is 5.75. The largest absolute Gasteiger partial charge is 0.481 e. The number of urea groups is 1. The van der Waals surface area contributed by atoms with Crippen LogP contribution in [-0.4, -0.2) is 29.7 Å². The monoisotopic (exact) mass is 300 g/mol. The van der Waals surface area contributed by atoms with Crippen molar-refractivity contribution in [3.8, 4) is 0 Å². The Bertz CT molecular complexity index is 489. The number of amides is 2. The second-order valence-electron chi connectivity index (χ2n) is 4.63. The lowest BCUT2D eigenvalue weighted by Crippen LogP contribution is -2.43. The summed E-state index contributed by atoms with van der Waals surface area (Å²) in [6.45, 7) is 1.96. The number of nitrogens with one attached hydrogen (secondary N) is 2. The lowest BCUT2D eigenvalue weighted by atomic mass is 10.1. The summed E-state index contributed by atoms with van der Waals surface area (Å²) in [4.78, 5) is 22.1. The molecule has 1 aromatic carbocycles. The van der Waals surface area contributed by atoms with Gasteiger partial charge in [0.05, 0.1) is 6.42 Å². The quantitative estimate of drug-likeness (QED) is 0.721. The van der Waals surface area contributed by atoms with Crippen molar-refractivity contribution in [1.82, 2.24) is 10.6 Å². The summed E-state index contributed by atoms with van der Waals surface area (Å²) in [5, 5.41) is 13.7. The molecule has 0 spiro atoms. The third-order valence-electron chi connectivity index (χ3n) is 2.87. The Kier molecular flexibility index (Phi) is 6.58. The van der Waals surface area contributed by atoms with Gasteiger partial charge in [-0.1, -0.05) is 6.92 Å². The van der Waals surface area contributed by atoms with Gasteiger partial charge in [-0.2, -0.15) is 0 Å². The molecule has 2 amide bonds. The van der Waals surface area contributed by atoms with Crippen LogP contribution in [0.15, 0.2) is 18.2 Å². The summed E-state index contributed by atoms with van der Waals surface area (Å²) in [6.07, 6.45) is 0.617. The van der Waals surface area contributed by atoms with E-state index in [2.05, 4.69) is 10.6 Å². The van der Waals surface area contributed by atoms with E-state index in [0.717, 1.165) is 6.07 Å². The van der Waals surface area contributed by atoms with Gasteiger partial charge in [-0.15, -0.1) is 0 Å². The fourth-order valence-electron chi connectivity index (χ4n) is 1.82. The van der Waals surface area contributed by atoms with Gasteiger partial charge in [0.25, 0.3) is 0 Å². The summed E-state index contributed by atoms with van der Waals surface area (Å²) in [6, 6.07) is 2.22. The SMILES string of the molecule is CCC(CC(=O)O)NC(=O)NCCc1cc(F)cc(F)c1. The maximum Gasteiger partial charge on any atom is 0.315 e. The summed E-state index contributed by atoms with van der Waals surface area (Å²) in [7, 11) is 0. The van der Waals surface area contributed by atoms with Gasteiger partial charge in [0.15, 0.2) is 0 Å². The Balaban J connectivity index is 2.37. The number of carboxylic acid groups (broad SMARTS) is 1. The van der Waals surface area contributed by atoms with Crippen LogP contribution in [0.3, 0.4) is 0 Å². The van der Waals surface area contributed by atoms with Crippen LogP contribution in [0.25, 0.3) is 0 Å². The first-order valence-electron chi connectivity index (χ1n) is 6.61. The molecule has 1 rings (SSSR count). The molecule has 0 aliphatic carbocycles. The van der Waals surface area contributed by atoms with Crippen molar-refractivity contribution in [1.29, 1.82) is 0 Å². The third kappa shape index (κ3) is 6.69. The molecule has 0 aliphatic heterocycles. The Morgan fingerprint density at radius 1 is 1.24 bits per heavy atom. The summed E-state index contributed by atoms with van der Waals surface area (Å²) in [5.41, 5.74) is 0.436. The smallest absolute Gasteiger partial charge is 0.315 e. The molecule has 1 unspecified atom stereocenters. The Morgan fingerprint density at radius 2 is 1.86 bits per heavy atom. The molecule has 116 valence electrons. The van der Waals surface area contributed by atoms with E-state index in [9.17, 15) is 18.4 Å². The zero-order valence-electron chi connectivity index (χ0n) is 11.7. The Morgan fingerprint density at radius 3 is 2.38 bits per heavy atom. The van der Waals surface area contributed by atoms with E-state index in [0.29, 0.717) is 12.0 Å². The first-order valence-corrected chi connectivity index (χ1v) is 6.61. The normalized spacial score (nSPS) is 11.8. The fraction of sp³-hybridized carbons (Fsp3) is 0.429. The van der Waals surface area contributed by atoms with Gasteiger partial charge >= 0.3 is 12.0 Å². The van der Waals surface area contributed by atoms with E-state index in [-0.39, 0.29) is 19.4 Å². The first-order chi connectivity index (χ1) is 9.90. The molecule has 0 aromatic heterocycles. The Labute approximate surface area is 121 Å². The molecule has 3 N–H and O–H groups in total. The minimum atomic E-state index is -0.989. The van der Waals surface area contributed by atoms with E-state index in [1.54, 1.807) is 6.92 Å². The topological polar surface area (TPSA) is 78.4 Å². The van der Waals surface area contributed by atoms with Crippen molar-refractivity contribution >= 4 is 12.0 Å². The van der Waals surface area contributed by atoms with Gasteiger partial charge < -0.3 is 15.7 Å². The zero-order chi connectivity index (χ0) is 15.8. The Hall–Kier alpha value is -2.18. The number of rotatable bonds is 7. The molecule has 0 saturated carbocycles. The number of carbonyl (C=O) groups is 2. The molecule has 0 saturated heterocycles. The molecule has 1 aromatic rings. The van der Waals surface area contributed by atoms with Gasteiger partial charge in [0.1, 0.15) is 11.6 Å². The molecule has 5 nitrogen and oxygen atoms in total. The molecule has 1 atom stereocenters. The summed E-state index contributed by atoms with van der Waals surface area (Å²) >= 11 is 0. The van der Waals surface area contributed by atoms with Gasteiger partial charge in [0, 0.05) is 18.7 Å². The average Bonchev–Trinajstić information content (AvgIpc) is 2.36. The second kappa shape index (κ2) is 8.18. The van der Waals surface area contributed by atoms with Crippen molar-refractivity contribution < 1.29 is 23.5 Å². The minimum Gasteiger partial charge on any atom is -0.481 e. The lowest BCUT2D eigenvalue weighted by Gasteiger charge is -2.15. The maximum atomic E-state index is 13.0. The van der Waals surface area contributed by atoms with Crippen LogP contribution in [0, 0.1) is 11.6 Å². The van der Waals surface area contributed by atoms with Crippen molar-refractivity contribution in [2.24, 2.45) is 0 Å². The molecule has 0 bridgehead atoms. The predicted octanol–water partition coefficient (Wildman–Crippen LogP) is 2.06. The molecule has 0 radical (unpaired) electrons. The number of carbonyl (C=O) groups excluding carboxylic acids is 1. The predicted molar refractivity (Wildman–Crippen MR) is 72.9 cm³/mol. The van der Waals surface area contributed by atoms with Crippen LogP contribution in [0.4, 0.5) is 13.6 Å². The summed E-state index contributed by atoms with van der Waals surface area (Å²) in [5.74, 6) is -2.32. The third-order valence-corrected chi connectivity index (χ3v) is 2.87. The number of hydrogen-bond donors (Lipinski definition) is 3. The van der Waals surface area contributed by atoms with Gasteiger partial charge in [-0.05, 0) is 30.5 Å². The second-order valence-corrected chi connectivity index (χ2v) is 4.63. The van der Waals surface area contributed by atoms with Gasteiger partial charge in [-0.3, -0.25) is 4.79 Å². The highest BCUT2D eigenvalue weighted by atomic mass is 19.1. The lowest BCUT2D eigenvalue weighted by molar-refractivity contribution is -0.137. The van der Waals surface area contributed by atoms with Crippen molar-refractivity contribution in [2.75, 3.05) is 6.54 Å². The highest BCUT2D eigenvalue weighted by Gasteiger charge is 2.13. The van der Waals surface area contributed by atoms with E-state index in [1.165, 1.54) is 12.1 Å². The summed E-state index contributed by atoms with van der Waals surface area (Å²) < 4.78 is 25.9. The standard InChI is InChI=1S/C14H18F2N2O3/c1-2-12(8-13(19)20)18-14(21)17-4-3-9-5-10(15)7-11(16)6-9/h5-7,12H,2-4,8H2,1H3,(H,19,20)(H2,17,18,21). The number of benzene rings is 1. The van der Waals surface area contributed by atoms with Crippen LogP contribution >= 0.6 is 0 Å². The van der Waals surface area contributed by atoms with E-state index >= 15 is 0 Å². The minimum absolute atomic E-state index is 0.154. The van der Waals surface area contributed by atoms with Crippen molar-refractivity contribution in [3.05, 3.63) is 35.4 Å². The number of halogens is 2. The molecule has 0 heterocycles. The van der Waals surface area contributed by atoms with Crippen LogP contribution < -0.4 is 10.6 Å². The van der Waals surface area contributed by atoms with Crippen LogP contribution in [0.1, 0.15) is 25.3 Å². The van der Waals surface area contributed by atoms with Crippen molar-refractivity contribution in [2.45, 2.75) is 32.2 Å². The van der Waals surface area contributed by atoms with Crippen molar-refractivity contribution in [3.63, 3.8) is 0 Å². The molecular weight excluding hydrogens is 282 g/mol. The van der Waals surface area contributed by atoms with E-state index in [1.807, 2.05) is 0 Å². The molecule has 7 heteroatoms. The first kappa shape index (κ1) is 16.9. The van der Waals surface area contributed by atoms with Gasteiger partial charge in [0.2, 0.25) is 0 Å². The van der Waals surface area contributed by atoms with Crippen LogP contribution in [0.2, 0.25) is 0 Å². The number of hydrogen-bond acceptors (Lipinski definition) is 2. The molecule has 0 fully saturated rings. The van der Waals surface area contributed by atoms with E-state index in [4.69, 9.17) is 5.11 Å². The number of aliphatic carboxylic acids is 1. The van der Waals surface area contributed by atoms with Crippen LogP contribution in [0.5, 0.6) is 0 Å². The number of carboxylic acids is 1. The highest BCUT2D eigenvalue weighted by Crippen LogP contribution is 2.08. The molecule has 0 aliphatic rings. The average molecular weight is 300 g/mol. The van der Waals surface area contributed by atoms with E-state index < -0.39 is 29.7 Å². The zero-order valence-corrected chi connectivity index (χ0v) is 11.7.